The van der Waals surface area contributed by atoms with Crippen LogP contribution in [0.2, 0.25) is 0 Å². The Labute approximate surface area is 169 Å². The van der Waals surface area contributed by atoms with Crippen molar-refractivity contribution in [1.29, 1.82) is 0 Å². The molecular formula is C23H24N2O4. The maximum Gasteiger partial charge on any atom is 0.260 e. The number of aromatic nitrogens is 1. The molecule has 1 aliphatic rings. The molecule has 1 aliphatic heterocycles. The summed E-state index contributed by atoms with van der Waals surface area (Å²) in [6.45, 7) is 2.70. The number of hydrogen-bond donors (Lipinski definition) is 1. The Bertz CT molecular complexity index is 984. The van der Waals surface area contributed by atoms with E-state index >= 15 is 0 Å². The fraction of sp³-hybridized carbons (Fsp3) is 0.304. The van der Waals surface area contributed by atoms with E-state index in [0.29, 0.717) is 18.7 Å². The van der Waals surface area contributed by atoms with Crippen LogP contribution in [0.1, 0.15) is 12.0 Å². The number of aliphatic hydroxyl groups is 1. The molecule has 2 atom stereocenters. The van der Waals surface area contributed by atoms with Crippen LogP contribution in [0.25, 0.3) is 10.8 Å². The summed E-state index contributed by atoms with van der Waals surface area (Å²) in [5, 5.41) is 12.5. The van der Waals surface area contributed by atoms with Crippen molar-refractivity contribution in [3.63, 3.8) is 0 Å². The number of β-amino-alcohol motifs (C(OH)–C–C–N with tert-alkyl or cyclic N) is 1. The number of carbonyl (C=O) groups excluding carboxylic acids is 1. The number of nitrogens with zero attached hydrogens (tertiary/aromatic N) is 2. The molecule has 1 saturated heterocycles. The van der Waals surface area contributed by atoms with Gasteiger partial charge >= 0.3 is 0 Å². The lowest BCUT2D eigenvalue weighted by atomic mass is 10.0. The zero-order chi connectivity index (χ0) is 20.2. The van der Waals surface area contributed by atoms with Crippen molar-refractivity contribution < 1.29 is 19.4 Å². The number of ether oxygens (including phenoxy) is 2. The maximum absolute atomic E-state index is 12.5. The van der Waals surface area contributed by atoms with E-state index in [2.05, 4.69) is 4.98 Å². The van der Waals surface area contributed by atoms with Crippen molar-refractivity contribution in [3.05, 3.63) is 66.5 Å². The van der Waals surface area contributed by atoms with Gasteiger partial charge in [-0.2, -0.15) is 0 Å². The fourth-order valence-corrected chi connectivity index (χ4v) is 3.50. The molecule has 6 nitrogen and oxygen atoms in total. The van der Waals surface area contributed by atoms with Crippen LogP contribution in [0.3, 0.4) is 0 Å². The smallest absolute Gasteiger partial charge is 0.260 e. The lowest BCUT2D eigenvalue weighted by molar-refractivity contribution is -0.139. The third-order valence-corrected chi connectivity index (χ3v) is 5.18. The molecule has 1 aromatic heterocycles. The number of aryl methyl sites for hydroxylation is 1. The monoisotopic (exact) mass is 392 g/mol. The molecule has 1 amide bonds. The molecule has 6 heteroatoms. The van der Waals surface area contributed by atoms with E-state index in [1.807, 2.05) is 55.5 Å². The van der Waals surface area contributed by atoms with Gasteiger partial charge in [0.1, 0.15) is 23.7 Å². The van der Waals surface area contributed by atoms with E-state index in [1.54, 1.807) is 17.3 Å². The predicted octanol–water partition coefficient (Wildman–Crippen LogP) is 2.96. The first-order valence-electron chi connectivity index (χ1n) is 9.75. The molecule has 29 heavy (non-hydrogen) atoms. The molecule has 0 spiro atoms. The molecule has 1 fully saturated rings. The first-order chi connectivity index (χ1) is 14.1. The second kappa shape index (κ2) is 8.49. The summed E-state index contributed by atoms with van der Waals surface area (Å²) in [5.41, 5.74) is 1.14. The molecule has 3 aromatic rings. The Kier molecular flexibility index (Phi) is 5.62. The standard InChI is InChI=1S/C23H24N2O4/c1-16-5-7-18(8-6-16)28-15-23(27)25-12-10-22(20(26)14-25)29-21-4-2-3-17-13-24-11-9-19(17)21/h2-9,11,13,20,22,26H,10,12,14-15H2,1H3/t20-,22-/m1/s1. The van der Waals surface area contributed by atoms with Gasteiger partial charge in [-0.3, -0.25) is 9.78 Å². The summed E-state index contributed by atoms with van der Waals surface area (Å²) >= 11 is 0. The molecule has 2 heterocycles. The van der Waals surface area contributed by atoms with E-state index in [4.69, 9.17) is 9.47 Å². The Hall–Kier alpha value is -3.12. The zero-order valence-electron chi connectivity index (χ0n) is 16.3. The number of aliphatic hydroxyl groups excluding tert-OH is 1. The number of pyridine rings is 1. The van der Waals surface area contributed by atoms with Gasteiger partial charge in [0.15, 0.2) is 6.61 Å². The summed E-state index contributed by atoms with van der Waals surface area (Å²) in [4.78, 5) is 18.2. The van der Waals surface area contributed by atoms with Crippen LogP contribution in [0, 0.1) is 6.92 Å². The molecule has 0 bridgehead atoms. The van der Waals surface area contributed by atoms with Crippen molar-refractivity contribution in [2.24, 2.45) is 0 Å². The van der Waals surface area contributed by atoms with Crippen molar-refractivity contribution in [2.75, 3.05) is 19.7 Å². The van der Waals surface area contributed by atoms with Gasteiger partial charge < -0.3 is 19.5 Å². The molecular weight excluding hydrogens is 368 g/mol. The highest BCUT2D eigenvalue weighted by Crippen LogP contribution is 2.27. The molecule has 0 aliphatic carbocycles. The molecule has 0 saturated carbocycles. The highest BCUT2D eigenvalue weighted by atomic mass is 16.5. The van der Waals surface area contributed by atoms with Crippen LogP contribution in [0.4, 0.5) is 0 Å². The molecule has 0 radical (unpaired) electrons. The minimum Gasteiger partial charge on any atom is -0.487 e. The van der Waals surface area contributed by atoms with Crippen molar-refractivity contribution in [3.8, 4) is 11.5 Å². The van der Waals surface area contributed by atoms with E-state index < -0.39 is 6.10 Å². The van der Waals surface area contributed by atoms with Crippen LogP contribution in [-0.4, -0.2) is 52.8 Å². The third kappa shape index (κ3) is 4.49. The average molecular weight is 392 g/mol. The number of carbonyl (C=O) groups is 1. The van der Waals surface area contributed by atoms with Crippen LogP contribution in [0.5, 0.6) is 11.5 Å². The summed E-state index contributed by atoms with van der Waals surface area (Å²) in [6.07, 6.45) is 2.94. The number of piperidine rings is 1. The minimum absolute atomic E-state index is 0.0440. The van der Waals surface area contributed by atoms with Crippen LogP contribution >= 0.6 is 0 Å². The second-order valence-corrected chi connectivity index (χ2v) is 7.31. The van der Waals surface area contributed by atoms with Crippen molar-refractivity contribution in [2.45, 2.75) is 25.6 Å². The Morgan fingerprint density at radius 3 is 2.83 bits per heavy atom. The fourth-order valence-electron chi connectivity index (χ4n) is 3.50. The number of likely N-dealkylation sites (tertiary alicyclic amines) is 1. The van der Waals surface area contributed by atoms with E-state index in [-0.39, 0.29) is 25.2 Å². The number of fused-ring (bicyclic) bond motifs is 1. The van der Waals surface area contributed by atoms with Gasteiger partial charge in [-0.1, -0.05) is 29.8 Å². The lowest BCUT2D eigenvalue weighted by Crippen LogP contribution is -2.52. The minimum atomic E-state index is -0.760. The molecule has 0 unspecified atom stereocenters. The SMILES string of the molecule is Cc1ccc(OCC(=O)N2CC[C@@H](Oc3cccc4cnccc34)[C@H](O)C2)cc1. The Morgan fingerprint density at radius 2 is 2.03 bits per heavy atom. The van der Waals surface area contributed by atoms with Gasteiger partial charge in [-0.15, -0.1) is 0 Å². The average Bonchev–Trinajstić information content (AvgIpc) is 2.75. The van der Waals surface area contributed by atoms with Gasteiger partial charge in [0.05, 0.1) is 6.54 Å². The van der Waals surface area contributed by atoms with E-state index in [0.717, 1.165) is 22.1 Å². The van der Waals surface area contributed by atoms with Crippen LogP contribution in [-0.2, 0) is 4.79 Å². The number of amides is 1. The summed E-state index contributed by atoms with van der Waals surface area (Å²) < 4.78 is 11.7. The maximum atomic E-state index is 12.5. The highest BCUT2D eigenvalue weighted by molar-refractivity contribution is 5.87. The molecule has 150 valence electrons. The largest absolute Gasteiger partial charge is 0.487 e. The van der Waals surface area contributed by atoms with Gasteiger partial charge in [0.2, 0.25) is 0 Å². The third-order valence-electron chi connectivity index (χ3n) is 5.18. The highest BCUT2D eigenvalue weighted by Gasteiger charge is 2.32. The second-order valence-electron chi connectivity index (χ2n) is 7.31. The first-order valence-corrected chi connectivity index (χ1v) is 9.75. The topological polar surface area (TPSA) is 71.9 Å². The molecule has 2 aromatic carbocycles. The predicted molar refractivity (Wildman–Crippen MR) is 110 cm³/mol. The first kappa shape index (κ1) is 19.2. The molecule has 4 rings (SSSR count). The summed E-state index contributed by atoms with van der Waals surface area (Å²) in [5.74, 6) is 1.24. The van der Waals surface area contributed by atoms with Gasteiger partial charge in [0, 0.05) is 36.1 Å². The number of benzene rings is 2. The van der Waals surface area contributed by atoms with Gasteiger partial charge in [-0.05, 0) is 31.2 Å². The quantitative estimate of drug-likeness (QED) is 0.723. The van der Waals surface area contributed by atoms with Crippen LogP contribution < -0.4 is 9.47 Å². The number of rotatable bonds is 5. The zero-order valence-corrected chi connectivity index (χ0v) is 16.3. The van der Waals surface area contributed by atoms with Gasteiger partial charge in [-0.25, -0.2) is 0 Å². The van der Waals surface area contributed by atoms with Gasteiger partial charge in [0.25, 0.3) is 5.91 Å². The van der Waals surface area contributed by atoms with Crippen LogP contribution in [0.15, 0.2) is 60.9 Å². The Balaban J connectivity index is 1.34. The van der Waals surface area contributed by atoms with E-state index in [1.165, 1.54) is 0 Å². The van der Waals surface area contributed by atoms with Crippen molar-refractivity contribution >= 4 is 16.7 Å². The van der Waals surface area contributed by atoms with Crippen molar-refractivity contribution in [1.82, 2.24) is 9.88 Å². The Morgan fingerprint density at radius 1 is 1.21 bits per heavy atom. The summed E-state index contributed by atoms with van der Waals surface area (Å²) in [7, 11) is 0. The summed E-state index contributed by atoms with van der Waals surface area (Å²) in [6, 6.07) is 15.2. The normalized spacial score (nSPS) is 19.2. The number of hydrogen-bond acceptors (Lipinski definition) is 5. The molecule has 1 N–H and O–H groups in total. The van der Waals surface area contributed by atoms with E-state index in [9.17, 15) is 9.90 Å². The lowest BCUT2D eigenvalue weighted by Gasteiger charge is -2.36.